The molecule has 96 valence electrons. The Morgan fingerprint density at radius 3 is 2.79 bits per heavy atom. The Labute approximate surface area is 116 Å². The molecule has 0 aliphatic carbocycles. The summed E-state index contributed by atoms with van der Waals surface area (Å²) in [5, 5.41) is 5.43. The summed E-state index contributed by atoms with van der Waals surface area (Å²) in [6.07, 6.45) is 1.73. The van der Waals surface area contributed by atoms with E-state index >= 15 is 0 Å². The third-order valence-corrected chi connectivity index (χ3v) is 3.94. The van der Waals surface area contributed by atoms with Crippen molar-refractivity contribution in [3.63, 3.8) is 0 Å². The zero-order valence-corrected chi connectivity index (χ0v) is 11.4. The Morgan fingerprint density at radius 2 is 1.95 bits per heavy atom. The molecule has 2 heterocycles. The number of benzene rings is 1. The summed E-state index contributed by atoms with van der Waals surface area (Å²) in [5.41, 5.74) is 9.64. The molecule has 0 aliphatic heterocycles. The molecule has 0 saturated heterocycles. The Hall–Kier alpha value is -1.71. The summed E-state index contributed by atoms with van der Waals surface area (Å²) in [6.45, 7) is 0. The van der Waals surface area contributed by atoms with Gasteiger partial charge < -0.3 is 5.73 Å². The number of nitrogens with two attached hydrogens (primary N) is 1. The van der Waals surface area contributed by atoms with Gasteiger partial charge in [-0.05, 0) is 40.9 Å². The Morgan fingerprint density at radius 1 is 1.05 bits per heavy atom. The van der Waals surface area contributed by atoms with E-state index in [2.05, 4.69) is 40.0 Å². The zero-order valence-electron chi connectivity index (χ0n) is 10.6. The van der Waals surface area contributed by atoms with Crippen LogP contribution < -0.4 is 5.73 Å². The van der Waals surface area contributed by atoms with Crippen molar-refractivity contribution < 1.29 is 0 Å². The summed E-state index contributed by atoms with van der Waals surface area (Å²) >= 11 is 1.72. The van der Waals surface area contributed by atoms with Gasteiger partial charge in [0.15, 0.2) is 0 Å². The number of thiophene rings is 1. The molecule has 3 heteroatoms. The Kier molecular flexibility index (Phi) is 3.58. The molecule has 0 radical (unpaired) electrons. The first-order valence-electron chi connectivity index (χ1n) is 6.42. The van der Waals surface area contributed by atoms with Crippen LogP contribution in [0, 0.1) is 0 Å². The maximum Gasteiger partial charge on any atom is 0.0705 e. The van der Waals surface area contributed by atoms with Crippen LogP contribution in [-0.4, -0.2) is 11.0 Å². The molecule has 0 bridgehead atoms. The highest BCUT2D eigenvalue weighted by Gasteiger charge is 2.07. The minimum Gasteiger partial charge on any atom is -0.327 e. The third kappa shape index (κ3) is 3.00. The fraction of sp³-hybridized carbons (Fsp3) is 0.188. The molecule has 0 aliphatic rings. The molecule has 1 unspecified atom stereocenters. The predicted molar refractivity (Wildman–Crippen MR) is 81.4 cm³/mol. The van der Waals surface area contributed by atoms with Crippen LogP contribution in [-0.2, 0) is 12.8 Å². The van der Waals surface area contributed by atoms with Gasteiger partial charge in [-0.1, -0.05) is 24.3 Å². The van der Waals surface area contributed by atoms with Crippen molar-refractivity contribution in [1.29, 1.82) is 0 Å². The van der Waals surface area contributed by atoms with E-state index in [9.17, 15) is 0 Å². The van der Waals surface area contributed by atoms with Crippen LogP contribution in [0.3, 0.4) is 0 Å². The van der Waals surface area contributed by atoms with Gasteiger partial charge in [0.1, 0.15) is 0 Å². The average Bonchev–Trinajstić information content (AvgIpc) is 2.91. The molecule has 2 nitrogen and oxygen atoms in total. The van der Waals surface area contributed by atoms with E-state index in [-0.39, 0.29) is 6.04 Å². The van der Waals surface area contributed by atoms with E-state index in [1.54, 1.807) is 11.3 Å². The quantitative estimate of drug-likeness (QED) is 0.787. The van der Waals surface area contributed by atoms with Crippen molar-refractivity contribution in [1.82, 2.24) is 4.98 Å². The van der Waals surface area contributed by atoms with Crippen LogP contribution in [0.1, 0.15) is 11.3 Å². The first-order valence-corrected chi connectivity index (χ1v) is 7.37. The van der Waals surface area contributed by atoms with Crippen molar-refractivity contribution >= 4 is 22.2 Å². The van der Waals surface area contributed by atoms with Gasteiger partial charge in [-0.15, -0.1) is 0 Å². The van der Waals surface area contributed by atoms with Crippen LogP contribution in [0.25, 0.3) is 10.9 Å². The highest BCUT2D eigenvalue weighted by atomic mass is 32.1. The molecule has 3 rings (SSSR count). The zero-order chi connectivity index (χ0) is 13.1. The lowest BCUT2D eigenvalue weighted by Crippen LogP contribution is -2.25. The second kappa shape index (κ2) is 5.51. The van der Waals surface area contributed by atoms with Gasteiger partial charge >= 0.3 is 0 Å². The minimum atomic E-state index is 0.128. The maximum atomic E-state index is 6.21. The molecule has 19 heavy (non-hydrogen) atoms. The van der Waals surface area contributed by atoms with Crippen LogP contribution in [0.4, 0.5) is 0 Å². The maximum absolute atomic E-state index is 6.21. The number of hydrogen-bond acceptors (Lipinski definition) is 3. The number of pyridine rings is 1. The number of nitrogens with zero attached hydrogens (tertiary/aromatic N) is 1. The highest BCUT2D eigenvalue weighted by Crippen LogP contribution is 2.14. The van der Waals surface area contributed by atoms with E-state index < -0.39 is 0 Å². The SMILES string of the molecule is NC(Cc1ccsc1)Cc1ccc2ccccc2n1. The smallest absolute Gasteiger partial charge is 0.0705 e. The van der Waals surface area contributed by atoms with Gasteiger partial charge in [0.2, 0.25) is 0 Å². The molecule has 0 amide bonds. The summed E-state index contributed by atoms with van der Waals surface area (Å²) in [6, 6.07) is 14.6. The fourth-order valence-corrected chi connectivity index (χ4v) is 2.96. The minimum absolute atomic E-state index is 0.128. The molecule has 0 saturated carbocycles. The first kappa shape index (κ1) is 12.3. The number of rotatable bonds is 4. The number of fused-ring (bicyclic) bond motifs is 1. The van der Waals surface area contributed by atoms with Crippen LogP contribution in [0.2, 0.25) is 0 Å². The first-order chi connectivity index (χ1) is 9.31. The van der Waals surface area contributed by atoms with Gasteiger partial charge in [0.05, 0.1) is 5.52 Å². The lowest BCUT2D eigenvalue weighted by molar-refractivity contribution is 0.657. The van der Waals surface area contributed by atoms with E-state index in [1.165, 1.54) is 10.9 Å². The molecule has 3 aromatic rings. The number of aromatic nitrogens is 1. The largest absolute Gasteiger partial charge is 0.327 e. The monoisotopic (exact) mass is 268 g/mol. The van der Waals surface area contributed by atoms with Gasteiger partial charge in [-0.2, -0.15) is 11.3 Å². The van der Waals surface area contributed by atoms with E-state index in [0.717, 1.165) is 24.1 Å². The van der Waals surface area contributed by atoms with E-state index in [1.807, 2.05) is 18.2 Å². The number of para-hydroxylation sites is 1. The predicted octanol–water partition coefficient (Wildman–Crippen LogP) is 3.41. The van der Waals surface area contributed by atoms with Crippen molar-refractivity contribution in [3.05, 3.63) is 64.5 Å². The lowest BCUT2D eigenvalue weighted by atomic mass is 10.0. The molecule has 1 aromatic carbocycles. The molecule has 2 aromatic heterocycles. The standard InChI is InChI=1S/C16H16N2S/c17-14(9-12-7-8-19-11-12)10-15-6-5-13-3-1-2-4-16(13)18-15/h1-8,11,14H,9-10,17H2. The van der Waals surface area contributed by atoms with Crippen LogP contribution >= 0.6 is 11.3 Å². The van der Waals surface area contributed by atoms with Gasteiger partial charge in [-0.3, -0.25) is 4.98 Å². The fourth-order valence-electron chi connectivity index (χ4n) is 2.27. The third-order valence-electron chi connectivity index (χ3n) is 3.21. The Bertz CT molecular complexity index is 661. The molecule has 0 fully saturated rings. The number of hydrogen-bond donors (Lipinski definition) is 1. The molecule has 0 spiro atoms. The van der Waals surface area contributed by atoms with Crippen molar-refractivity contribution in [2.45, 2.75) is 18.9 Å². The van der Waals surface area contributed by atoms with Gasteiger partial charge in [0, 0.05) is 23.5 Å². The van der Waals surface area contributed by atoms with Crippen LogP contribution in [0.15, 0.2) is 53.2 Å². The highest BCUT2D eigenvalue weighted by molar-refractivity contribution is 7.07. The summed E-state index contributed by atoms with van der Waals surface area (Å²) in [4.78, 5) is 4.67. The summed E-state index contributed by atoms with van der Waals surface area (Å²) < 4.78 is 0. The van der Waals surface area contributed by atoms with E-state index in [4.69, 9.17) is 5.73 Å². The average molecular weight is 268 g/mol. The second-order valence-electron chi connectivity index (χ2n) is 4.80. The summed E-state index contributed by atoms with van der Waals surface area (Å²) in [5.74, 6) is 0. The lowest BCUT2D eigenvalue weighted by Gasteiger charge is -2.10. The van der Waals surface area contributed by atoms with Crippen molar-refractivity contribution in [2.24, 2.45) is 5.73 Å². The molecular weight excluding hydrogens is 252 g/mol. The molecule has 1 atom stereocenters. The van der Waals surface area contributed by atoms with Gasteiger partial charge in [-0.25, -0.2) is 0 Å². The van der Waals surface area contributed by atoms with Gasteiger partial charge in [0.25, 0.3) is 0 Å². The van der Waals surface area contributed by atoms with E-state index in [0.29, 0.717) is 0 Å². The summed E-state index contributed by atoms with van der Waals surface area (Å²) in [7, 11) is 0. The molecular formula is C16H16N2S. The normalized spacial score (nSPS) is 12.7. The van der Waals surface area contributed by atoms with Crippen LogP contribution in [0.5, 0.6) is 0 Å². The van der Waals surface area contributed by atoms with Crippen molar-refractivity contribution in [3.8, 4) is 0 Å². The van der Waals surface area contributed by atoms with Crippen molar-refractivity contribution in [2.75, 3.05) is 0 Å². The molecule has 2 N–H and O–H groups in total. The topological polar surface area (TPSA) is 38.9 Å². The Balaban J connectivity index is 1.73. The second-order valence-corrected chi connectivity index (χ2v) is 5.58.